The van der Waals surface area contributed by atoms with Gasteiger partial charge in [-0.2, -0.15) is 0 Å². The maximum Gasteiger partial charge on any atom is 0.343 e. The molecule has 0 aliphatic carbocycles. The molecule has 2 heterocycles. The lowest BCUT2D eigenvalue weighted by Crippen LogP contribution is -2.64. The number of carbonyl (C=O) groups is 1. The molecule has 1 unspecified atom stereocenters. The van der Waals surface area contributed by atoms with Gasteiger partial charge in [-0.1, -0.05) is 19.2 Å². The van der Waals surface area contributed by atoms with E-state index in [-0.39, 0.29) is 29.3 Å². The largest absolute Gasteiger partial charge is 0.507 e. The van der Waals surface area contributed by atoms with E-state index in [1.807, 2.05) is 26.2 Å². The van der Waals surface area contributed by atoms with Crippen molar-refractivity contribution in [1.29, 1.82) is 0 Å². The molecule has 10 heteroatoms. The Morgan fingerprint density at radius 3 is 2.80 bits per heavy atom. The zero-order valence-corrected chi connectivity index (χ0v) is 18.1. The summed E-state index contributed by atoms with van der Waals surface area (Å²) in [4.78, 5) is 16.3. The molecule has 9 nitrogen and oxygen atoms in total. The zero-order valence-electron chi connectivity index (χ0n) is 18.1. The Morgan fingerprint density at radius 1 is 1.33 bits per heavy atom. The number of hydrogen-bond donors (Lipinski definition) is 4. The molecule has 1 atom stereocenters. The summed E-state index contributed by atoms with van der Waals surface area (Å²) in [7, 11) is 6.11. The summed E-state index contributed by atoms with van der Waals surface area (Å²) in [5, 5.41) is 25.4. The summed E-state index contributed by atoms with van der Waals surface area (Å²) < 4.78 is 5.95. The van der Waals surface area contributed by atoms with Crippen molar-refractivity contribution in [3.63, 3.8) is 0 Å². The van der Waals surface area contributed by atoms with Gasteiger partial charge in [0.15, 0.2) is 0 Å². The summed E-state index contributed by atoms with van der Waals surface area (Å²) in [6.07, 6.45) is 1.49. The summed E-state index contributed by atoms with van der Waals surface area (Å²) in [6, 6.07) is 3.43. The van der Waals surface area contributed by atoms with Crippen LogP contribution in [0, 0.1) is 0 Å². The van der Waals surface area contributed by atoms with Gasteiger partial charge in [0.05, 0.1) is 12.8 Å². The van der Waals surface area contributed by atoms with Gasteiger partial charge < -0.3 is 20.3 Å². The molecule has 4 N–H and O–H groups in total. The SMILES string of the molecule is C[B]CCc1ccc(OC2CN(CC3NN(C)CNCCN3C)C2)c(C(=O)O)c1O. The van der Waals surface area contributed by atoms with E-state index in [0.29, 0.717) is 12.0 Å². The Balaban J connectivity index is 1.57. The van der Waals surface area contributed by atoms with E-state index < -0.39 is 5.97 Å². The lowest BCUT2D eigenvalue weighted by molar-refractivity contribution is -0.0194. The molecule has 0 spiro atoms. The molecule has 2 aliphatic rings. The molecular formula is C20H33BN5O4. The minimum atomic E-state index is -1.17. The third-order valence-electron chi connectivity index (χ3n) is 5.68. The van der Waals surface area contributed by atoms with Gasteiger partial charge in [0.25, 0.3) is 0 Å². The number of aryl methyl sites for hydroxylation is 1. The first kappa shape index (κ1) is 22.8. The second-order valence-corrected chi connectivity index (χ2v) is 8.14. The number of carboxylic acid groups (broad SMARTS) is 1. The number of likely N-dealkylation sites (N-methyl/N-ethyl adjacent to an activating group) is 1. The molecule has 0 bridgehead atoms. The number of rotatable bonds is 8. The minimum absolute atomic E-state index is 0.0874. The number of likely N-dealkylation sites (tertiary alicyclic amines) is 1. The molecule has 30 heavy (non-hydrogen) atoms. The molecule has 3 rings (SSSR count). The number of benzene rings is 1. The van der Waals surface area contributed by atoms with Gasteiger partial charge in [-0.3, -0.25) is 9.80 Å². The average molecular weight is 418 g/mol. The van der Waals surface area contributed by atoms with Crippen LogP contribution in [0.2, 0.25) is 13.1 Å². The number of aromatic hydroxyl groups is 1. The van der Waals surface area contributed by atoms with Crippen LogP contribution in [0.5, 0.6) is 11.5 Å². The standard InChI is InChI=1S/C20H33BN5O4/c1-21-7-6-14-4-5-16(18(19(14)27)20(28)29)30-15-10-26(11-15)12-17-23-25(3)13-22-8-9-24(17)2/h4-5,15,17,22-23,27H,6-13H2,1-3H3,(H,28,29). The molecule has 165 valence electrons. The van der Waals surface area contributed by atoms with Crippen LogP contribution in [-0.4, -0.2) is 104 Å². The van der Waals surface area contributed by atoms with Gasteiger partial charge >= 0.3 is 5.97 Å². The molecule has 0 aromatic heterocycles. The molecular weight excluding hydrogens is 385 g/mol. The fourth-order valence-electron chi connectivity index (χ4n) is 3.83. The first-order valence-electron chi connectivity index (χ1n) is 10.5. The van der Waals surface area contributed by atoms with Crippen LogP contribution >= 0.6 is 0 Å². The van der Waals surface area contributed by atoms with Gasteiger partial charge in [-0.15, -0.1) is 0 Å². The van der Waals surface area contributed by atoms with Crippen LogP contribution in [0.1, 0.15) is 15.9 Å². The smallest absolute Gasteiger partial charge is 0.343 e. The number of nitrogens with zero attached hydrogens (tertiary/aromatic N) is 3. The van der Waals surface area contributed by atoms with E-state index in [1.54, 1.807) is 12.1 Å². The molecule has 2 aliphatic heterocycles. The number of phenols is 1. The van der Waals surface area contributed by atoms with Crippen LogP contribution in [-0.2, 0) is 6.42 Å². The van der Waals surface area contributed by atoms with Crippen molar-refractivity contribution in [3.8, 4) is 11.5 Å². The molecule has 1 aromatic carbocycles. The maximum absolute atomic E-state index is 11.7. The Kier molecular flexibility index (Phi) is 7.96. The fourth-order valence-corrected chi connectivity index (χ4v) is 3.83. The van der Waals surface area contributed by atoms with Crippen molar-refractivity contribution in [2.45, 2.75) is 31.8 Å². The third-order valence-corrected chi connectivity index (χ3v) is 5.68. The molecule has 2 fully saturated rings. The Morgan fingerprint density at radius 2 is 2.10 bits per heavy atom. The summed E-state index contributed by atoms with van der Waals surface area (Å²) in [5.74, 6) is -1.12. The molecule has 1 radical (unpaired) electrons. The number of nitrogens with one attached hydrogen (secondary N) is 2. The molecule has 0 amide bonds. The van der Waals surface area contributed by atoms with Crippen LogP contribution in [0.25, 0.3) is 0 Å². The third kappa shape index (κ3) is 5.64. The van der Waals surface area contributed by atoms with Crippen molar-refractivity contribution in [3.05, 3.63) is 23.3 Å². The predicted molar refractivity (Wildman–Crippen MR) is 116 cm³/mol. The van der Waals surface area contributed by atoms with E-state index in [9.17, 15) is 15.0 Å². The van der Waals surface area contributed by atoms with E-state index in [4.69, 9.17) is 4.74 Å². The van der Waals surface area contributed by atoms with E-state index >= 15 is 0 Å². The second-order valence-electron chi connectivity index (χ2n) is 8.14. The minimum Gasteiger partial charge on any atom is -0.507 e. The molecule has 0 saturated carbocycles. The number of hydrazine groups is 1. The van der Waals surface area contributed by atoms with Gasteiger partial charge in [-0.25, -0.2) is 15.2 Å². The monoisotopic (exact) mass is 418 g/mol. The van der Waals surface area contributed by atoms with Gasteiger partial charge in [0.1, 0.15) is 30.4 Å². The Bertz CT molecular complexity index is 731. The first-order chi connectivity index (χ1) is 14.4. The van der Waals surface area contributed by atoms with Crippen LogP contribution in [0.15, 0.2) is 12.1 Å². The summed E-state index contributed by atoms with van der Waals surface area (Å²) in [6.45, 7) is 6.93. The van der Waals surface area contributed by atoms with E-state index in [2.05, 4.69) is 27.6 Å². The molecule has 1 aromatic rings. The highest BCUT2D eigenvalue weighted by atomic mass is 16.5. The summed E-state index contributed by atoms with van der Waals surface area (Å²) >= 11 is 0. The highest BCUT2D eigenvalue weighted by molar-refractivity contribution is 6.33. The normalized spacial score (nSPS) is 22.2. The quantitative estimate of drug-likeness (QED) is 0.439. The second kappa shape index (κ2) is 10.5. The van der Waals surface area contributed by atoms with Crippen molar-refractivity contribution < 1.29 is 19.7 Å². The molecule has 2 saturated heterocycles. The maximum atomic E-state index is 11.7. The Labute approximate surface area is 179 Å². The van der Waals surface area contributed by atoms with Crippen molar-refractivity contribution in [2.75, 3.05) is 53.5 Å². The first-order valence-corrected chi connectivity index (χ1v) is 10.5. The number of aromatic carboxylic acids is 1. The Hall–Kier alpha value is -1.85. The fraction of sp³-hybridized carbons (Fsp3) is 0.650. The van der Waals surface area contributed by atoms with Gasteiger partial charge in [0.2, 0.25) is 0 Å². The zero-order chi connectivity index (χ0) is 21.7. The lowest BCUT2D eigenvalue weighted by atomic mass is 9.75. The van der Waals surface area contributed by atoms with Crippen molar-refractivity contribution >= 4 is 13.2 Å². The predicted octanol–water partition coefficient (Wildman–Crippen LogP) is 0.122. The van der Waals surface area contributed by atoms with Gasteiger partial charge in [-0.05, 0) is 25.1 Å². The summed E-state index contributed by atoms with van der Waals surface area (Å²) in [5.41, 5.74) is 3.98. The lowest BCUT2D eigenvalue weighted by Gasteiger charge is -2.44. The van der Waals surface area contributed by atoms with Crippen molar-refractivity contribution in [1.82, 2.24) is 25.6 Å². The van der Waals surface area contributed by atoms with Gasteiger partial charge in [0, 0.05) is 39.8 Å². The number of ether oxygens (including phenoxy) is 1. The van der Waals surface area contributed by atoms with E-state index in [1.165, 1.54) is 0 Å². The van der Waals surface area contributed by atoms with Crippen molar-refractivity contribution in [2.24, 2.45) is 0 Å². The highest BCUT2D eigenvalue weighted by Crippen LogP contribution is 2.33. The van der Waals surface area contributed by atoms with Crippen LogP contribution in [0.4, 0.5) is 0 Å². The van der Waals surface area contributed by atoms with E-state index in [0.717, 1.165) is 45.7 Å². The van der Waals surface area contributed by atoms with Crippen LogP contribution < -0.4 is 15.5 Å². The topological polar surface area (TPSA) is 101 Å². The number of carboxylic acids is 1. The highest BCUT2D eigenvalue weighted by Gasteiger charge is 2.33. The number of hydrogen-bond acceptors (Lipinski definition) is 8. The average Bonchev–Trinajstić information content (AvgIpc) is 2.66. The van der Waals surface area contributed by atoms with Crippen LogP contribution in [0.3, 0.4) is 0 Å².